The van der Waals surface area contributed by atoms with Crippen molar-refractivity contribution >= 4 is 5.97 Å². The minimum atomic E-state index is -0.247. The van der Waals surface area contributed by atoms with Crippen LogP contribution in [0.5, 0.6) is 0 Å². The summed E-state index contributed by atoms with van der Waals surface area (Å²) in [6, 6.07) is 7.70. The van der Waals surface area contributed by atoms with Crippen LogP contribution in [0.4, 0.5) is 0 Å². The van der Waals surface area contributed by atoms with E-state index in [-0.39, 0.29) is 11.4 Å². The van der Waals surface area contributed by atoms with E-state index in [1.54, 1.807) is 0 Å². The van der Waals surface area contributed by atoms with Crippen molar-refractivity contribution < 1.29 is 14.3 Å². The van der Waals surface area contributed by atoms with Gasteiger partial charge in [-0.15, -0.1) is 0 Å². The number of hydrogen-bond acceptors (Lipinski definition) is 4. The van der Waals surface area contributed by atoms with Gasteiger partial charge in [0.05, 0.1) is 25.4 Å². The molecule has 4 heteroatoms. The normalized spacial score (nSPS) is 16.7. The molecule has 1 aliphatic heterocycles. The van der Waals surface area contributed by atoms with Gasteiger partial charge in [-0.2, -0.15) is 0 Å². The van der Waals surface area contributed by atoms with Gasteiger partial charge in [0.2, 0.25) is 0 Å². The summed E-state index contributed by atoms with van der Waals surface area (Å²) >= 11 is 0. The molecule has 116 valence electrons. The zero-order valence-electron chi connectivity index (χ0n) is 13.2. The van der Waals surface area contributed by atoms with Crippen molar-refractivity contribution in [3.8, 4) is 0 Å². The maximum Gasteiger partial charge on any atom is 0.338 e. The molecule has 1 heterocycles. The van der Waals surface area contributed by atoms with Crippen molar-refractivity contribution in [1.29, 1.82) is 0 Å². The summed E-state index contributed by atoms with van der Waals surface area (Å²) in [4.78, 5) is 14.3. The fraction of sp³-hybridized carbons (Fsp3) is 0.588. The minimum Gasteiger partial charge on any atom is -0.462 e. The van der Waals surface area contributed by atoms with E-state index >= 15 is 0 Å². The fourth-order valence-corrected chi connectivity index (χ4v) is 2.13. The molecule has 1 aliphatic rings. The third-order valence-electron chi connectivity index (χ3n) is 3.34. The highest BCUT2D eigenvalue weighted by molar-refractivity contribution is 5.89. The molecule has 0 amide bonds. The molecule has 0 spiro atoms. The highest BCUT2D eigenvalue weighted by Crippen LogP contribution is 2.15. The number of morpholine rings is 1. The molecule has 0 N–H and O–H groups in total. The van der Waals surface area contributed by atoms with Gasteiger partial charge >= 0.3 is 5.97 Å². The van der Waals surface area contributed by atoms with E-state index in [9.17, 15) is 4.79 Å². The average Bonchev–Trinajstić information content (AvgIpc) is 2.46. The Balaban J connectivity index is 1.87. The summed E-state index contributed by atoms with van der Waals surface area (Å²) in [6.07, 6.45) is 0. The first kappa shape index (κ1) is 16.0. The number of ether oxygens (including phenoxy) is 2. The number of esters is 1. The highest BCUT2D eigenvalue weighted by atomic mass is 16.5. The van der Waals surface area contributed by atoms with Crippen LogP contribution in [-0.2, 0) is 16.0 Å². The van der Waals surface area contributed by atoms with Crippen LogP contribution in [0.1, 0.15) is 36.7 Å². The Morgan fingerprint density at radius 1 is 1.19 bits per heavy atom. The molecular weight excluding hydrogens is 266 g/mol. The van der Waals surface area contributed by atoms with Gasteiger partial charge in [-0.3, -0.25) is 4.90 Å². The number of carbonyl (C=O) groups excluding carboxylic acids is 1. The summed E-state index contributed by atoms with van der Waals surface area (Å²) < 4.78 is 10.7. The van der Waals surface area contributed by atoms with E-state index in [2.05, 4.69) is 4.90 Å². The van der Waals surface area contributed by atoms with Crippen molar-refractivity contribution in [2.45, 2.75) is 27.3 Å². The standard InChI is InChI=1S/C17H25NO3/c1-17(2,3)13-21-16(19)15-6-4-14(5-7-15)12-18-8-10-20-11-9-18/h4-7H,8-13H2,1-3H3. The Morgan fingerprint density at radius 2 is 1.81 bits per heavy atom. The van der Waals surface area contributed by atoms with Crippen molar-refractivity contribution in [3.05, 3.63) is 35.4 Å². The number of carbonyl (C=O) groups is 1. The van der Waals surface area contributed by atoms with Crippen LogP contribution >= 0.6 is 0 Å². The van der Waals surface area contributed by atoms with Gasteiger partial charge in [-0.1, -0.05) is 32.9 Å². The molecule has 1 aromatic rings. The molecule has 0 aliphatic carbocycles. The van der Waals surface area contributed by atoms with Crippen molar-refractivity contribution in [1.82, 2.24) is 4.90 Å². The maximum absolute atomic E-state index is 11.9. The Kier molecular flexibility index (Phi) is 5.37. The molecule has 0 bridgehead atoms. The molecule has 1 fully saturated rings. The molecule has 4 nitrogen and oxygen atoms in total. The van der Waals surface area contributed by atoms with Crippen LogP contribution in [0.3, 0.4) is 0 Å². The SMILES string of the molecule is CC(C)(C)COC(=O)c1ccc(CN2CCOCC2)cc1. The zero-order chi connectivity index (χ0) is 15.3. The number of nitrogens with zero attached hydrogens (tertiary/aromatic N) is 1. The number of rotatable bonds is 4. The lowest BCUT2D eigenvalue weighted by Gasteiger charge is -2.26. The first-order chi connectivity index (χ1) is 9.94. The van der Waals surface area contributed by atoms with Crippen LogP contribution in [0.25, 0.3) is 0 Å². The van der Waals surface area contributed by atoms with Gasteiger partial charge in [0, 0.05) is 19.6 Å². The van der Waals surface area contributed by atoms with E-state index in [1.807, 2.05) is 45.0 Å². The van der Waals surface area contributed by atoms with Gasteiger partial charge in [0.15, 0.2) is 0 Å². The van der Waals surface area contributed by atoms with Gasteiger partial charge < -0.3 is 9.47 Å². The molecule has 0 unspecified atom stereocenters. The predicted octanol–water partition coefficient (Wildman–Crippen LogP) is 2.72. The van der Waals surface area contributed by atoms with Crippen molar-refractivity contribution in [3.63, 3.8) is 0 Å². The van der Waals surface area contributed by atoms with Crippen LogP contribution in [0.2, 0.25) is 0 Å². The quantitative estimate of drug-likeness (QED) is 0.800. The molecule has 0 radical (unpaired) electrons. The maximum atomic E-state index is 11.9. The van der Waals surface area contributed by atoms with Crippen LogP contribution < -0.4 is 0 Å². The lowest BCUT2D eigenvalue weighted by atomic mass is 9.99. The summed E-state index contributed by atoms with van der Waals surface area (Å²) in [5.74, 6) is -0.247. The van der Waals surface area contributed by atoms with E-state index in [0.717, 1.165) is 32.8 Å². The molecule has 0 atom stereocenters. The predicted molar refractivity (Wildman–Crippen MR) is 82.3 cm³/mol. The molecule has 0 aromatic heterocycles. The van der Waals surface area contributed by atoms with Crippen molar-refractivity contribution in [2.24, 2.45) is 5.41 Å². The summed E-state index contributed by atoms with van der Waals surface area (Å²) in [5, 5.41) is 0. The molecule has 1 saturated heterocycles. The van der Waals surface area contributed by atoms with Gasteiger partial charge in [-0.25, -0.2) is 4.79 Å². The summed E-state index contributed by atoms with van der Waals surface area (Å²) in [6.45, 7) is 11.0. The lowest BCUT2D eigenvalue weighted by molar-refractivity contribution is 0.0341. The summed E-state index contributed by atoms with van der Waals surface area (Å²) in [5.41, 5.74) is 1.82. The first-order valence-electron chi connectivity index (χ1n) is 7.50. The van der Waals surface area contributed by atoms with E-state index in [0.29, 0.717) is 12.2 Å². The van der Waals surface area contributed by atoms with E-state index < -0.39 is 0 Å². The van der Waals surface area contributed by atoms with Crippen LogP contribution in [-0.4, -0.2) is 43.8 Å². The monoisotopic (exact) mass is 291 g/mol. The Labute approximate surface area is 127 Å². The third-order valence-corrected chi connectivity index (χ3v) is 3.34. The number of hydrogen-bond donors (Lipinski definition) is 0. The Bertz CT molecular complexity index is 456. The molecular formula is C17H25NO3. The topological polar surface area (TPSA) is 38.8 Å². The van der Waals surface area contributed by atoms with Gasteiger partial charge in [0.1, 0.15) is 0 Å². The van der Waals surface area contributed by atoms with Gasteiger partial charge in [0.25, 0.3) is 0 Å². The zero-order valence-corrected chi connectivity index (χ0v) is 13.2. The third kappa shape index (κ3) is 5.48. The van der Waals surface area contributed by atoms with Crippen LogP contribution in [0, 0.1) is 5.41 Å². The minimum absolute atomic E-state index is 0.00800. The fourth-order valence-electron chi connectivity index (χ4n) is 2.13. The van der Waals surface area contributed by atoms with E-state index in [4.69, 9.17) is 9.47 Å². The van der Waals surface area contributed by atoms with Crippen molar-refractivity contribution in [2.75, 3.05) is 32.9 Å². The molecule has 0 saturated carbocycles. The van der Waals surface area contributed by atoms with Crippen LogP contribution in [0.15, 0.2) is 24.3 Å². The van der Waals surface area contributed by atoms with Gasteiger partial charge in [-0.05, 0) is 23.1 Å². The second kappa shape index (κ2) is 7.05. The van der Waals surface area contributed by atoms with E-state index in [1.165, 1.54) is 5.56 Å². The highest BCUT2D eigenvalue weighted by Gasteiger charge is 2.15. The average molecular weight is 291 g/mol. The Hall–Kier alpha value is -1.39. The second-order valence-corrected chi connectivity index (χ2v) is 6.72. The molecule has 1 aromatic carbocycles. The first-order valence-corrected chi connectivity index (χ1v) is 7.50. The smallest absolute Gasteiger partial charge is 0.338 e. The Morgan fingerprint density at radius 3 is 2.38 bits per heavy atom. The molecule has 2 rings (SSSR count). The molecule has 21 heavy (non-hydrogen) atoms. The largest absolute Gasteiger partial charge is 0.462 e. The lowest BCUT2D eigenvalue weighted by Crippen LogP contribution is -2.35. The number of benzene rings is 1. The summed E-state index contributed by atoms with van der Waals surface area (Å²) in [7, 11) is 0. The second-order valence-electron chi connectivity index (χ2n) is 6.72.